The van der Waals surface area contributed by atoms with E-state index in [1.807, 2.05) is 78.9 Å². The van der Waals surface area contributed by atoms with Gasteiger partial charge in [-0.3, -0.25) is 4.79 Å². The Labute approximate surface area is 174 Å². The van der Waals surface area contributed by atoms with Crippen molar-refractivity contribution in [1.82, 2.24) is 5.43 Å². The maximum atomic E-state index is 12.4. The number of carbonyl (C=O) groups is 1. The van der Waals surface area contributed by atoms with Crippen molar-refractivity contribution >= 4 is 23.7 Å². The predicted octanol–water partition coefficient (Wildman–Crippen LogP) is 4.76. The van der Waals surface area contributed by atoms with Crippen molar-refractivity contribution in [2.75, 3.05) is 7.11 Å². The molecule has 0 bridgehead atoms. The van der Waals surface area contributed by atoms with E-state index in [2.05, 4.69) is 10.5 Å². The average Bonchev–Trinajstić information content (AvgIpc) is 2.75. The number of nitrogens with one attached hydrogen (secondary N) is 1. The van der Waals surface area contributed by atoms with Crippen LogP contribution in [0.4, 0.5) is 0 Å². The van der Waals surface area contributed by atoms with E-state index in [1.165, 1.54) is 7.11 Å². The summed E-state index contributed by atoms with van der Waals surface area (Å²) in [6.07, 6.45) is 0.817. The molecule has 0 heterocycles. The molecule has 1 atom stereocenters. The first-order chi connectivity index (χ1) is 14.2. The van der Waals surface area contributed by atoms with Crippen LogP contribution in [0.1, 0.15) is 22.8 Å². The quantitative estimate of drug-likeness (QED) is 0.432. The van der Waals surface area contributed by atoms with Crippen molar-refractivity contribution in [2.45, 2.75) is 12.7 Å². The van der Waals surface area contributed by atoms with Crippen LogP contribution < -0.4 is 10.2 Å². The summed E-state index contributed by atoms with van der Waals surface area (Å²) >= 11 is 5.91. The summed E-state index contributed by atoms with van der Waals surface area (Å²) in [5.74, 6) is 0.307. The van der Waals surface area contributed by atoms with Crippen molar-refractivity contribution < 1.29 is 14.3 Å². The first kappa shape index (κ1) is 20.6. The molecular formula is C23H21ClN2O3. The molecule has 1 amide bonds. The van der Waals surface area contributed by atoms with E-state index >= 15 is 0 Å². The van der Waals surface area contributed by atoms with Crippen molar-refractivity contribution in [1.29, 1.82) is 0 Å². The largest absolute Gasteiger partial charge is 0.488 e. The van der Waals surface area contributed by atoms with Crippen LogP contribution in [0.2, 0.25) is 5.02 Å². The third-order valence-electron chi connectivity index (χ3n) is 4.18. The van der Waals surface area contributed by atoms with E-state index in [-0.39, 0.29) is 5.91 Å². The minimum Gasteiger partial charge on any atom is -0.488 e. The van der Waals surface area contributed by atoms with Crippen molar-refractivity contribution in [3.05, 3.63) is 101 Å². The topological polar surface area (TPSA) is 59.9 Å². The molecule has 0 aliphatic heterocycles. The van der Waals surface area contributed by atoms with Gasteiger partial charge in [-0.25, -0.2) is 5.43 Å². The molecule has 0 saturated heterocycles. The highest BCUT2D eigenvalue weighted by molar-refractivity contribution is 6.30. The molecule has 0 radical (unpaired) electrons. The fraction of sp³-hybridized carbons (Fsp3) is 0.130. The maximum Gasteiger partial charge on any atom is 0.273 e. The number of halogens is 1. The Hall–Kier alpha value is -3.15. The van der Waals surface area contributed by atoms with E-state index in [0.29, 0.717) is 17.4 Å². The van der Waals surface area contributed by atoms with Gasteiger partial charge in [-0.15, -0.1) is 0 Å². The molecule has 3 aromatic carbocycles. The number of methoxy groups -OCH3 is 1. The Bertz CT molecular complexity index is 959. The Morgan fingerprint density at radius 2 is 1.72 bits per heavy atom. The Balaban J connectivity index is 1.63. The lowest BCUT2D eigenvalue weighted by Crippen LogP contribution is -2.26. The van der Waals surface area contributed by atoms with Gasteiger partial charge in [0.15, 0.2) is 6.10 Å². The number of ether oxygens (including phenoxy) is 2. The molecule has 29 heavy (non-hydrogen) atoms. The average molecular weight is 409 g/mol. The molecular weight excluding hydrogens is 388 g/mol. The zero-order valence-corrected chi connectivity index (χ0v) is 16.7. The number of rotatable bonds is 8. The molecule has 0 aliphatic rings. The summed E-state index contributed by atoms with van der Waals surface area (Å²) in [5, 5.41) is 4.74. The van der Waals surface area contributed by atoms with Gasteiger partial charge < -0.3 is 9.47 Å². The molecule has 3 aromatic rings. The van der Waals surface area contributed by atoms with E-state index in [4.69, 9.17) is 21.1 Å². The Kier molecular flexibility index (Phi) is 7.39. The summed E-state index contributed by atoms with van der Waals surface area (Å²) in [4.78, 5) is 12.4. The number of benzene rings is 3. The van der Waals surface area contributed by atoms with E-state index in [1.54, 1.807) is 6.21 Å². The van der Waals surface area contributed by atoms with Gasteiger partial charge in [0.25, 0.3) is 5.91 Å². The second-order valence-electron chi connectivity index (χ2n) is 6.21. The number of para-hydroxylation sites is 1. The predicted molar refractivity (Wildman–Crippen MR) is 114 cm³/mol. The molecule has 3 rings (SSSR count). The molecule has 0 saturated carbocycles. The molecule has 0 spiro atoms. The van der Waals surface area contributed by atoms with Crippen LogP contribution in [-0.2, 0) is 16.1 Å². The lowest BCUT2D eigenvalue weighted by molar-refractivity contribution is -0.131. The number of amides is 1. The fourth-order valence-corrected chi connectivity index (χ4v) is 2.83. The fourth-order valence-electron chi connectivity index (χ4n) is 2.71. The van der Waals surface area contributed by atoms with Crippen LogP contribution in [0.15, 0.2) is 84.0 Å². The second kappa shape index (κ2) is 10.4. The number of hydrogen-bond acceptors (Lipinski definition) is 4. The zero-order valence-electron chi connectivity index (χ0n) is 15.9. The van der Waals surface area contributed by atoms with Gasteiger partial charge in [0.1, 0.15) is 12.4 Å². The smallest absolute Gasteiger partial charge is 0.273 e. The third-order valence-corrected chi connectivity index (χ3v) is 4.43. The molecule has 148 valence electrons. The Morgan fingerprint density at radius 3 is 2.45 bits per heavy atom. The molecule has 6 heteroatoms. The van der Waals surface area contributed by atoms with Crippen LogP contribution in [-0.4, -0.2) is 19.2 Å². The SMILES string of the molecule is COC(C(=O)N/N=C/c1ccccc1OCc1ccc(Cl)cc1)c1ccccc1. The lowest BCUT2D eigenvalue weighted by atomic mass is 10.1. The van der Waals surface area contributed by atoms with Crippen molar-refractivity contribution in [2.24, 2.45) is 5.10 Å². The van der Waals surface area contributed by atoms with Gasteiger partial charge in [-0.1, -0.05) is 66.2 Å². The third kappa shape index (κ3) is 5.91. The van der Waals surface area contributed by atoms with Crippen LogP contribution in [0.5, 0.6) is 5.75 Å². The van der Waals surface area contributed by atoms with E-state index in [0.717, 1.165) is 16.7 Å². The normalized spacial score (nSPS) is 11.9. The molecule has 1 unspecified atom stereocenters. The van der Waals surface area contributed by atoms with E-state index in [9.17, 15) is 4.79 Å². The summed E-state index contributed by atoms with van der Waals surface area (Å²) < 4.78 is 11.2. The molecule has 0 fully saturated rings. The van der Waals surface area contributed by atoms with Gasteiger partial charge >= 0.3 is 0 Å². The van der Waals surface area contributed by atoms with Crippen LogP contribution in [0, 0.1) is 0 Å². The minimum atomic E-state index is -0.732. The van der Waals surface area contributed by atoms with Gasteiger partial charge in [0.2, 0.25) is 0 Å². The van der Waals surface area contributed by atoms with Crippen LogP contribution >= 0.6 is 11.6 Å². The van der Waals surface area contributed by atoms with Gasteiger partial charge in [-0.05, 0) is 35.4 Å². The summed E-state index contributed by atoms with van der Waals surface area (Å²) in [5.41, 5.74) is 5.03. The highest BCUT2D eigenvalue weighted by atomic mass is 35.5. The lowest BCUT2D eigenvalue weighted by Gasteiger charge is -2.13. The highest BCUT2D eigenvalue weighted by Gasteiger charge is 2.19. The van der Waals surface area contributed by atoms with Crippen molar-refractivity contribution in [3.63, 3.8) is 0 Å². The van der Waals surface area contributed by atoms with E-state index < -0.39 is 6.10 Å². The maximum absolute atomic E-state index is 12.4. The molecule has 0 aromatic heterocycles. The standard InChI is InChI=1S/C23H21ClN2O3/c1-28-22(18-7-3-2-4-8-18)23(27)26-25-15-19-9-5-6-10-21(19)29-16-17-11-13-20(24)14-12-17/h2-15,22H,16H2,1H3,(H,26,27)/b25-15+. The highest BCUT2D eigenvalue weighted by Crippen LogP contribution is 2.19. The zero-order chi connectivity index (χ0) is 20.5. The van der Waals surface area contributed by atoms with Gasteiger partial charge in [0, 0.05) is 17.7 Å². The first-order valence-electron chi connectivity index (χ1n) is 9.04. The summed E-state index contributed by atoms with van der Waals surface area (Å²) in [7, 11) is 1.49. The van der Waals surface area contributed by atoms with Gasteiger partial charge in [-0.2, -0.15) is 5.10 Å². The van der Waals surface area contributed by atoms with Crippen LogP contribution in [0.3, 0.4) is 0 Å². The molecule has 5 nitrogen and oxygen atoms in total. The monoisotopic (exact) mass is 408 g/mol. The molecule has 0 aliphatic carbocycles. The van der Waals surface area contributed by atoms with Crippen LogP contribution in [0.25, 0.3) is 0 Å². The van der Waals surface area contributed by atoms with Gasteiger partial charge in [0.05, 0.1) is 6.21 Å². The summed E-state index contributed by atoms with van der Waals surface area (Å²) in [6, 6.07) is 24.2. The Morgan fingerprint density at radius 1 is 1.03 bits per heavy atom. The second-order valence-corrected chi connectivity index (χ2v) is 6.65. The number of hydrazone groups is 1. The minimum absolute atomic E-state index is 0.352. The molecule has 1 N–H and O–H groups in total. The number of nitrogens with zero attached hydrogens (tertiary/aromatic N) is 1. The number of hydrogen-bond donors (Lipinski definition) is 1. The number of carbonyl (C=O) groups excluding carboxylic acids is 1. The summed E-state index contributed by atoms with van der Waals surface area (Å²) in [6.45, 7) is 0.397. The first-order valence-corrected chi connectivity index (χ1v) is 9.42. The van der Waals surface area contributed by atoms with Crippen molar-refractivity contribution in [3.8, 4) is 5.75 Å².